The van der Waals surface area contributed by atoms with Crippen LogP contribution in [-0.2, 0) is 11.3 Å². The predicted octanol–water partition coefficient (Wildman–Crippen LogP) is 4.20. The number of fused-ring (bicyclic) bond motifs is 1. The van der Waals surface area contributed by atoms with Crippen LogP contribution in [0.15, 0.2) is 59.0 Å². The lowest BCUT2D eigenvalue weighted by molar-refractivity contribution is -0.115. The molecule has 0 saturated heterocycles. The van der Waals surface area contributed by atoms with Crippen LogP contribution in [-0.4, -0.2) is 20.4 Å². The molecule has 146 valence electrons. The molecule has 0 aliphatic carbocycles. The second-order valence-corrected chi connectivity index (χ2v) is 7.80. The fourth-order valence-electron chi connectivity index (χ4n) is 3.33. The van der Waals surface area contributed by atoms with Gasteiger partial charge in [0.2, 0.25) is 5.91 Å². The van der Waals surface area contributed by atoms with Gasteiger partial charge in [0.1, 0.15) is 0 Å². The molecule has 0 aliphatic heterocycles. The van der Waals surface area contributed by atoms with E-state index in [4.69, 9.17) is 0 Å². The monoisotopic (exact) mass is 404 g/mol. The number of carbonyl (C=O) groups excluding carboxylic acids is 1. The van der Waals surface area contributed by atoms with Crippen LogP contribution in [0.25, 0.3) is 10.9 Å². The Bertz CT molecular complexity index is 1280. The molecule has 7 heteroatoms. The van der Waals surface area contributed by atoms with Gasteiger partial charge >= 0.3 is 0 Å². The first-order chi connectivity index (χ1) is 13.9. The number of anilines is 2. The molecule has 2 aromatic heterocycles. The minimum absolute atomic E-state index is 0.108. The van der Waals surface area contributed by atoms with Crippen LogP contribution in [0.3, 0.4) is 0 Å². The maximum Gasteiger partial charge on any atom is 0.261 e. The van der Waals surface area contributed by atoms with Crippen molar-refractivity contribution in [1.82, 2.24) is 14.5 Å². The highest BCUT2D eigenvalue weighted by Gasteiger charge is 2.20. The molecule has 0 fully saturated rings. The lowest BCUT2D eigenvalue weighted by Crippen LogP contribution is -2.24. The van der Waals surface area contributed by atoms with E-state index in [1.54, 1.807) is 11.0 Å². The van der Waals surface area contributed by atoms with Gasteiger partial charge in [-0.2, -0.15) is 0 Å². The molecule has 29 heavy (non-hydrogen) atoms. The third-order valence-corrected chi connectivity index (χ3v) is 5.58. The van der Waals surface area contributed by atoms with Crippen molar-refractivity contribution >= 4 is 39.0 Å². The average molecular weight is 404 g/mol. The second-order valence-electron chi connectivity index (χ2n) is 6.96. The van der Waals surface area contributed by atoms with E-state index in [0.717, 1.165) is 16.8 Å². The standard InChI is InChI=1S/C22H20N4O2S/c1-14-8-9-20(15(2)10-14)26(16(3)27)22-24-17(12-29-22)11-25-13-23-19-7-5-4-6-18(19)21(25)28/h4-10,12-13H,11H2,1-3H3. The van der Waals surface area contributed by atoms with Crippen molar-refractivity contribution in [2.75, 3.05) is 4.90 Å². The Morgan fingerprint density at radius 3 is 2.72 bits per heavy atom. The van der Waals surface area contributed by atoms with Crippen molar-refractivity contribution in [3.05, 3.63) is 81.3 Å². The third kappa shape index (κ3) is 3.69. The van der Waals surface area contributed by atoms with Crippen molar-refractivity contribution in [2.24, 2.45) is 0 Å². The number of thiazole rings is 1. The third-order valence-electron chi connectivity index (χ3n) is 4.70. The Morgan fingerprint density at radius 2 is 1.97 bits per heavy atom. The number of aromatic nitrogens is 3. The van der Waals surface area contributed by atoms with Crippen LogP contribution in [0.1, 0.15) is 23.7 Å². The highest BCUT2D eigenvalue weighted by Crippen LogP contribution is 2.31. The number of aryl methyl sites for hydroxylation is 2. The number of amides is 1. The number of hydrogen-bond acceptors (Lipinski definition) is 5. The molecule has 6 nitrogen and oxygen atoms in total. The smallest absolute Gasteiger partial charge is 0.261 e. The van der Waals surface area contributed by atoms with E-state index < -0.39 is 0 Å². The molecule has 0 N–H and O–H groups in total. The molecule has 4 rings (SSSR count). The molecule has 0 aliphatic rings. The molecule has 0 spiro atoms. The van der Waals surface area contributed by atoms with Gasteiger partial charge in [0.05, 0.1) is 35.2 Å². The van der Waals surface area contributed by atoms with Crippen molar-refractivity contribution in [3.63, 3.8) is 0 Å². The van der Waals surface area contributed by atoms with Crippen LogP contribution in [0.4, 0.5) is 10.8 Å². The zero-order valence-electron chi connectivity index (χ0n) is 16.4. The Morgan fingerprint density at radius 1 is 1.17 bits per heavy atom. The van der Waals surface area contributed by atoms with E-state index in [1.165, 1.54) is 29.2 Å². The van der Waals surface area contributed by atoms with E-state index in [2.05, 4.69) is 9.97 Å². The summed E-state index contributed by atoms with van der Waals surface area (Å²) in [5.74, 6) is -0.109. The minimum Gasteiger partial charge on any atom is -0.293 e. The van der Waals surface area contributed by atoms with Gasteiger partial charge in [0, 0.05) is 12.3 Å². The molecule has 4 aromatic rings. The first kappa shape index (κ1) is 19.0. The fraction of sp³-hybridized carbons (Fsp3) is 0.182. The van der Waals surface area contributed by atoms with Crippen LogP contribution >= 0.6 is 11.3 Å². The van der Waals surface area contributed by atoms with Gasteiger partial charge in [-0.3, -0.25) is 19.1 Å². The number of para-hydroxylation sites is 1. The Labute approximate surface area is 172 Å². The van der Waals surface area contributed by atoms with Crippen molar-refractivity contribution in [1.29, 1.82) is 0 Å². The van der Waals surface area contributed by atoms with Crippen molar-refractivity contribution in [2.45, 2.75) is 27.3 Å². The zero-order valence-corrected chi connectivity index (χ0v) is 17.2. The first-order valence-corrected chi connectivity index (χ1v) is 10.1. The van der Waals surface area contributed by atoms with E-state index in [0.29, 0.717) is 28.3 Å². The molecule has 2 aromatic carbocycles. The van der Waals surface area contributed by atoms with Gasteiger partial charge < -0.3 is 0 Å². The summed E-state index contributed by atoms with van der Waals surface area (Å²) in [5, 5.41) is 3.03. The maximum absolute atomic E-state index is 12.7. The van der Waals surface area contributed by atoms with Gasteiger partial charge in [0.25, 0.3) is 5.56 Å². The fourth-order valence-corrected chi connectivity index (χ4v) is 4.20. The van der Waals surface area contributed by atoms with E-state index in [1.807, 2.05) is 55.6 Å². The highest BCUT2D eigenvalue weighted by molar-refractivity contribution is 7.14. The summed E-state index contributed by atoms with van der Waals surface area (Å²) in [4.78, 5) is 35.7. The molecule has 0 bridgehead atoms. The minimum atomic E-state index is -0.109. The first-order valence-electron chi connectivity index (χ1n) is 9.20. The Kier molecular flexibility index (Phi) is 4.98. The van der Waals surface area contributed by atoms with E-state index in [-0.39, 0.29) is 11.5 Å². The zero-order chi connectivity index (χ0) is 20.5. The van der Waals surface area contributed by atoms with Crippen LogP contribution < -0.4 is 10.5 Å². The lowest BCUT2D eigenvalue weighted by Gasteiger charge is -2.20. The topological polar surface area (TPSA) is 68.1 Å². The summed E-state index contributed by atoms with van der Waals surface area (Å²) >= 11 is 1.38. The van der Waals surface area contributed by atoms with E-state index >= 15 is 0 Å². The molecule has 0 atom stereocenters. The number of benzene rings is 2. The van der Waals surface area contributed by atoms with Crippen LogP contribution in [0, 0.1) is 13.8 Å². The van der Waals surface area contributed by atoms with Gasteiger partial charge in [-0.1, -0.05) is 29.8 Å². The predicted molar refractivity (Wildman–Crippen MR) is 116 cm³/mol. The number of carbonyl (C=O) groups is 1. The summed E-state index contributed by atoms with van der Waals surface area (Å²) in [5.41, 5.74) is 4.23. The number of rotatable bonds is 4. The van der Waals surface area contributed by atoms with Gasteiger partial charge in [-0.25, -0.2) is 9.97 Å². The molecule has 0 saturated carbocycles. The Hall–Kier alpha value is -3.32. The van der Waals surface area contributed by atoms with Gasteiger partial charge in [0.15, 0.2) is 5.13 Å². The molecule has 2 heterocycles. The number of nitrogens with zero attached hydrogens (tertiary/aromatic N) is 4. The highest BCUT2D eigenvalue weighted by atomic mass is 32.1. The molecular formula is C22H20N4O2S. The van der Waals surface area contributed by atoms with Gasteiger partial charge in [-0.15, -0.1) is 11.3 Å². The quantitative estimate of drug-likeness (QED) is 0.511. The summed E-state index contributed by atoms with van der Waals surface area (Å²) in [6.07, 6.45) is 1.54. The summed E-state index contributed by atoms with van der Waals surface area (Å²) < 4.78 is 1.54. The molecular weight excluding hydrogens is 384 g/mol. The summed E-state index contributed by atoms with van der Waals surface area (Å²) in [6.45, 7) is 5.82. The molecule has 1 amide bonds. The Balaban J connectivity index is 1.68. The molecule has 0 unspecified atom stereocenters. The average Bonchev–Trinajstić information content (AvgIpc) is 3.14. The van der Waals surface area contributed by atoms with Gasteiger partial charge in [-0.05, 0) is 37.6 Å². The van der Waals surface area contributed by atoms with Crippen molar-refractivity contribution in [3.8, 4) is 0 Å². The normalized spacial score (nSPS) is 11.0. The van der Waals surface area contributed by atoms with E-state index in [9.17, 15) is 9.59 Å². The maximum atomic E-state index is 12.7. The lowest BCUT2D eigenvalue weighted by atomic mass is 10.1. The molecule has 0 radical (unpaired) electrons. The summed E-state index contributed by atoms with van der Waals surface area (Å²) in [7, 11) is 0. The van der Waals surface area contributed by atoms with Crippen molar-refractivity contribution < 1.29 is 4.79 Å². The SMILES string of the molecule is CC(=O)N(c1nc(Cn2cnc3ccccc3c2=O)cs1)c1ccc(C)cc1C. The largest absolute Gasteiger partial charge is 0.293 e. The summed E-state index contributed by atoms with van der Waals surface area (Å²) in [6, 6.07) is 13.2. The van der Waals surface area contributed by atoms with Crippen LogP contribution in [0.5, 0.6) is 0 Å². The number of hydrogen-bond donors (Lipinski definition) is 0. The second kappa shape index (κ2) is 7.60. The van der Waals surface area contributed by atoms with Crippen LogP contribution in [0.2, 0.25) is 0 Å².